The number of benzene rings is 3. The normalized spacial score (nSPS) is 20.6. The van der Waals surface area contributed by atoms with Crippen LogP contribution >= 0.6 is 23.2 Å². The van der Waals surface area contributed by atoms with Crippen molar-refractivity contribution in [2.75, 3.05) is 0 Å². The molecule has 0 aliphatic heterocycles. The van der Waals surface area contributed by atoms with Crippen LogP contribution in [0, 0.1) is 5.92 Å². The summed E-state index contributed by atoms with van der Waals surface area (Å²) in [5.74, 6) is 0.525. The molecule has 4 rings (SSSR count). The van der Waals surface area contributed by atoms with Crippen LogP contribution in [0.3, 0.4) is 0 Å². The van der Waals surface area contributed by atoms with Crippen LogP contribution in [-0.4, -0.2) is 5.91 Å². The van der Waals surface area contributed by atoms with Crippen molar-refractivity contribution in [3.8, 4) is 0 Å². The minimum atomic E-state index is -0.0394. The number of halogens is 2. The third kappa shape index (κ3) is 3.67. The number of hydrogen-bond donors (Lipinski definition) is 1. The van der Waals surface area contributed by atoms with Gasteiger partial charge in [-0.2, -0.15) is 0 Å². The Morgan fingerprint density at radius 3 is 2.29 bits per heavy atom. The van der Waals surface area contributed by atoms with Gasteiger partial charge in [-0.3, -0.25) is 4.79 Å². The first-order chi connectivity index (χ1) is 13.5. The molecule has 1 aliphatic carbocycles. The van der Waals surface area contributed by atoms with Gasteiger partial charge in [-0.15, -0.1) is 0 Å². The van der Waals surface area contributed by atoms with Gasteiger partial charge in [0.15, 0.2) is 0 Å². The minimum Gasteiger partial charge on any atom is -0.345 e. The van der Waals surface area contributed by atoms with E-state index in [2.05, 4.69) is 30.4 Å². The van der Waals surface area contributed by atoms with E-state index in [1.807, 2.05) is 54.6 Å². The van der Waals surface area contributed by atoms with Gasteiger partial charge in [-0.1, -0.05) is 78.7 Å². The molecule has 1 aliphatic rings. The SMILES string of the molecule is CC1[C@H](NC(=O)c2ccccc2)c2ccccc2[C@@H]1Cc1ccc(Cl)c(Cl)c1. The Morgan fingerprint density at radius 1 is 0.893 bits per heavy atom. The van der Waals surface area contributed by atoms with Gasteiger partial charge < -0.3 is 5.32 Å². The number of carbonyl (C=O) groups is 1. The molecule has 0 spiro atoms. The fraction of sp³-hybridized carbons (Fsp3) is 0.208. The Balaban J connectivity index is 1.61. The predicted molar refractivity (Wildman–Crippen MR) is 115 cm³/mol. The molecule has 1 amide bonds. The van der Waals surface area contributed by atoms with Gasteiger partial charge in [0.25, 0.3) is 5.91 Å². The van der Waals surface area contributed by atoms with E-state index in [-0.39, 0.29) is 17.9 Å². The van der Waals surface area contributed by atoms with Crippen LogP contribution in [0.5, 0.6) is 0 Å². The van der Waals surface area contributed by atoms with Crippen LogP contribution in [0.4, 0.5) is 0 Å². The van der Waals surface area contributed by atoms with Crippen molar-refractivity contribution >= 4 is 29.1 Å². The zero-order chi connectivity index (χ0) is 19.7. The largest absolute Gasteiger partial charge is 0.345 e. The number of amides is 1. The molecule has 0 bridgehead atoms. The van der Waals surface area contributed by atoms with Gasteiger partial charge in [-0.25, -0.2) is 0 Å². The molecule has 0 radical (unpaired) electrons. The fourth-order valence-corrected chi connectivity index (χ4v) is 4.49. The molecule has 3 aromatic carbocycles. The summed E-state index contributed by atoms with van der Waals surface area (Å²) in [6, 6.07) is 23.6. The number of fused-ring (bicyclic) bond motifs is 1. The summed E-state index contributed by atoms with van der Waals surface area (Å²) in [5.41, 5.74) is 4.32. The highest BCUT2D eigenvalue weighted by atomic mass is 35.5. The highest BCUT2D eigenvalue weighted by Gasteiger charge is 2.38. The molecule has 0 heterocycles. The summed E-state index contributed by atoms with van der Waals surface area (Å²) in [6.07, 6.45) is 0.854. The molecule has 0 aromatic heterocycles. The van der Waals surface area contributed by atoms with Crippen LogP contribution in [0.2, 0.25) is 10.0 Å². The van der Waals surface area contributed by atoms with E-state index in [9.17, 15) is 4.79 Å². The van der Waals surface area contributed by atoms with Crippen LogP contribution in [0.1, 0.15) is 45.9 Å². The van der Waals surface area contributed by atoms with E-state index in [1.54, 1.807) is 0 Å². The lowest BCUT2D eigenvalue weighted by atomic mass is 9.86. The van der Waals surface area contributed by atoms with Crippen molar-refractivity contribution in [2.24, 2.45) is 5.92 Å². The standard InChI is InChI=1S/C24H21Cl2NO/c1-15-20(13-16-11-12-21(25)22(26)14-16)18-9-5-6-10-19(18)23(15)27-24(28)17-7-3-2-4-8-17/h2-12,14-15,20,23H,13H2,1H3,(H,27,28)/t15?,20-,23+/m1/s1. The number of rotatable bonds is 4. The van der Waals surface area contributed by atoms with E-state index in [4.69, 9.17) is 23.2 Å². The smallest absolute Gasteiger partial charge is 0.251 e. The first kappa shape index (κ1) is 19.0. The highest BCUT2D eigenvalue weighted by Crippen LogP contribution is 2.46. The number of carbonyl (C=O) groups excluding carboxylic acids is 1. The highest BCUT2D eigenvalue weighted by molar-refractivity contribution is 6.42. The Labute approximate surface area is 175 Å². The van der Waals surface area contributed by atoms with Crippen molar-refractivity contribution in [1.29, 1.82) is 0 Å². The van der Waals surface area contributed by atoms with Gasteiger partial charge in [0, 0.05) is 5.56 Å². The Hall–Kier alpha value is -2.29. The average molecular weight is 410 g/mol. The van der Waals surface area contributed by atoms with Gasteiger partial charge in [0.2, 0.25) is 0 Å². The molecule has 2 nitrogen and oxygen atoms in total. The summed E-state index contributed by atoms with van der Waals surface area (Å²) < 4.78 is 0. The third-order valence-electron chi connectivity index (χ3n) is 5.65. The Morgan fingerprint density at radius 2 is 1.57 bits per heavy atom. The van der Waals surface area contributed by atoms with Gasteiger partial charge >= 0.3 is 0 Å². The first-order valence-electron chi connectivity index (χ1n) is 9.43. The van der Waals surface area contributed by atoms with E-state index in [0.717, 1.165) is 12.0 Å². The molecular weight excluding hydrogens is 389 g/mol. The molecule has 4 heteroatoms. The molecule has 3 atom stereocenters. The maximum absolute atomic E-state index is 12.8. The summed E-state index contributed by atoms with van der Waals surface area (Å²) in [6.45, 7) is 2.21. The number of nitrogens with one attached hydrogen (secondary N) is 1. The van der Waals surface area contributed by atoms with Crippen LogP contribution in [0.15, 0.2) is 72.8 Å². The third-order valence-corrected chi connectivity index (χ3v) is 6.39. The molecule has 3 aromatic rings. The van der Waals surface area contributed by atoms with Crippen molar-refractivity contribution in [1.82, 2.24) is 5.32 Å². The van der Waals surface area contributed by atoms with Crippen molar-refractivity contribution in [2.45, 2.75) is 25.3 Å². The monoisotopic (exact) mass is 409 g/mol. The van der Waals surface area contributed by atoms with Crippen molar-refractivity contribution in [3.05, 3.63) is 105 Å². The van der Waals surface area contributed by atoms with Crippen LogP contribution in [-0.2, 0) is 6.42 Å². The second-order valence-corrected chi connectivity index (χ2v) is 8.18. The fourth-order valence-electron chi connectivity index (χ4n) is 4.17. The maximum atomic E-state index is 12.8. The van der Waals surface area contributed by atoms with E-state index in [1.165, 1.54) is 11.1 Å². The van der Waals surface area contributed by atoms with Crippen LogP contribution in [0.25, 0.3) is 0 Å². The Bertz CT molecular complexity index is 1000. The summed E-state index contributed by atoms with van der Waals surface area (Å²) in [7, 11) is 0. The quantitative estimate of drug-likeness (QED) is 0.527. The van der Waals surface area contributed by atoms with Crippen LogP contribution < -0.4 is 5.32 Å². The molecule has 0 fully saturated rings. The summed E-state index contributed by atoms with van der Waals surface area (Å²) in [4.78, 5) is 12.8. The lowest BCUT2D eigenvalue weighted by Gasteiger charge is -2.23. The first-order valence-corrected chi connectivity index (χ1v) is 10.2. The van der Waals surface area contributed by atoms with E-state index >= 15 is 0 Å². The second-order valence-electron chi connectivity index (χ2n) is 7.36. The summed E-state index contributed by atoms with van der Waals surface area (Å²) >= 11 is 12.3. The van der Waals surface area contributed by atoms with Crippen molar-refractivity contribution in [3.63, 3.8) is 0 Å². The van der Waals surface area contributed by atoms with Gasteiger partial charge in [0.05, 0.1) is 16.1 Å². The minimum absolute atomic E-state index is 0.0170. The van der Waals surface area contributed by atoms with Gasteiger partial charge in [-0.05, 0) is 59.2 Å². The summed E-state index contributed by atoms with van der Waals surface area (Å²) in [5, 5.41) is 4.40. The van der Waals surface area contributed by atoms with Gasteiger partial charge in [0.1, 0.15) is 0 Å². The maximum Gasteiger partial charge on any atom is 0.251 e. The lowest BCUT2D eigenvalue weighted by molar-refractivity contribution is 0.0924. The van der Waals surface area contributed by atoms with Crippen molar-refractivity contribution < 1.29 is 4.79 Å². The molecule has 1 N–H and O–H groups in total. The van der Waals surface area contributed by atoms with E-state index < -0.39 is 0 Å². The molecule has 0 saturated heterocycles. The predicted octanol–water partition coefficient (Wildman–Crippen LogP) is 6.44. The molecular formula is C24H21Cl2NO. The number of hydrogen-bond acceptors (Lipinski definition) is 1. The second kappa shape index (κ2) is 7.98. The Kier molecular flexibility index (Phi) is 5.43. The zero-order valence-corrected chi connectivity index (χ0v) is 17.0. The zero-order valence-electron chi connectivity index (χ0n) is 15.5. The topological polar surface area (TPSA) is 29.1 Å². The molecule has 1 unspecified atom stereocenters. The average Bonchev–Trinajstić information content (AvgIpc) is 2.97. The van der Waals surface area contributed by atoms with E-state index in [0.29, 0.717) is 21.5 Å². The lowest BCUT2D eigenvalue weighted by Crippen LogP contribution is -2.31. The molecule has 142 valence electrons. The molecule has 28 heavy (non-hydrogen) atoms. The molecule has 0 saturated carbocycles.